The predicted octanol–water partition coefficient (Wildman–Crippen LogP) is 1.37. The predicted molar refractivity (Wildman–Crippen MR) is 89.8 cm³/mol. The molecule has 112 valence electrons. The Hall–Kier alpha value is 0.570. The molecule has 0 bridgehead atoms. The molecule has 2 saturated heterocycles. The lowest BCUT2D eigenvalue weighted by Gasteiger charge is -2.41. The van der Waals surface area contributed by atoms with Crippen LogP contribution in [0, 0.1) is 0 Å². The maximum atomic E-state index is 2.74. The minimum atomic E-state index is 0.856. The molecule has 0 aliphatic carbocycles. The van der Waals surface area contributed by atoms with Crippen LogP contribution in [0.5, 0.6) is 0 Å². The summed E-state index contributed by atoms with van der Waals surface area (Å²) < 4.78 is 2.44. The van der Waals surface area contributed by atoms with Gasteiger partial charge in [0, 0.05) is 68.2 Å². The summed E-state index contributed by atoms with van der Waals surface area (Å²) in [5.74, 6) is 0. The fourth-order valence-corrected chi connectivity index (χ4v) is 3.72. The Balaban J connectivity index is 1.62. The lowest BCUT2D eigenvalue weighted by atomic mass is 10.0. The number of piperidine rings is 1. The molecule has 0 aromatic carbocycles. The molecule has 0 aromatic rings. The van der Waals surface area contributed by atoms with E-state index in [-0.39, 0.29) is 0 Å². The summed E-state index contributed by atoms with van der Waals surface area (Å²) in [6.45, 7) is 10.2. The third-order valence-electron chi connectivity index (χ3n) is 4.41. The number of rotatable bonds is 5. The second-order valence-electron chi connectivity index (χ2n) is 6.18. The molecule has 2 rings (SSSR count). The van der Waals surface area contributed by atoms with Gasteiger partial charge in [0.05, 0.1) is 0 Å². The van der Waals surface area contributed by atoms with Crippen LogP contribution in [-0.4, -0.2) is 90.3 Å². The molecular weight excluding hydrogens is 351 g/mol. The second kappa shape index (κ2) is 8.12. The number of piperazine rings is 1. The van der Waals surface area contributed by atoms with E-state index in [9.17, 15) is 0 Å². The normalized spacial score (nSPS) is 25.3. The Morgan fingerprint density at radius 2 is 1.63 bits per heavy atom. The zero-order valence-corrected chi connectivity index (χ0v) is 14.7. The van der Waals surface area contributed by atoms with Gasteiger partial charge in [-0.3, -0.25) is 4.90 Å². The Morgan fingerprint density at radius 1 is 1.00 bits per heavy atom. The number of halogens is 1. The van der Waals surface area contributed by atoms with Crippen LogP contribution in [0.2, 0.25) is 0 Å². The van der Waals surface area contributed by atoms with E-state index in [1.807, 2.05) is 0 Å². The Labute approximate surface area is 132 Å². The lowest BCUT2D eigenvalue weighted by Crippen LogP contribution is -2.52. The van der Waals surface area contributed by atoms with Crippen molar-refractivity contribution in [3.8, 4) is 0 Å². The van der Waals surface area contributed by atoms with E-state index < -0.39 is 0 Å². The van der Waals surface area contributed by atoms with E-state index in [1.165, 1.54) is 71.6 Å². The maximum absolute atomic E-state index is 2.74. The summed E-state index contributed by atoms with van der Waals surface area (Å²) in [5, 5.41) is 0. The molecule has 2 fully saturated rings. The van der Waals surface area contributed by atoms with Crippen LogP contribution in [0.15, 0.2) is 0 Å². The molecule has 2 aliphatic rings. The third-order valence-corrected chi connectivity index (χ3v) is 5.38. The highest BCUT2D eigenvalue weighted by Gasteiger charge is 2.26. The van der Waals surface area contributed by atoms with E-state index >= 15 is 0 Å². The first-order valence-electron chi connectivity index (χ1n) is 7.67. The van der Waals surface area contributed by atoms with Gasteiger partial charge in [0.2, 0.25) is 0 Å². The fourth-order valence-electron chi connectivity index (χ4n) is 3.16. The number of hydrogen-bond donors (Lipinski definition) is 0. The van der Waals surface area contributed by atoms with Gasteiger partial charge in [-0.15, -0.1) is 0 Å². The topological polar surface area (TPSA) is 13.0 Å². The second-order valence-corrected chi connectivity index (χ2v) is 7.54. The quantitative estimate of drug-likeness (QED) is 0.528. The molecule has 0 N–H and O–H groups in total. The minimum Gasteiger partial charge on any atom is -0.309 e. The highest BCUT2D eigenvalue weighted by Crippen LogP contribution is 2.20. The molecule has 5 heteroatoms. The Bertz CT molecular complexity index is 246. The van der Waals surface area contributed by atoms with Gasteiger partial charge in [0.15, 0.2) is 0 Å². The van der Waals surface area contributed by atoms with Crippen molar-refractivity contribution in [3.63, 3.8) is 0 Å². The van der Waals surface area contributed by atoms with Crippen molar-refractivity contribution in [2.24, 2.45) is 0 Å². The monoisotopic (exact) mass is 380 g/mol. The molecular formula is C14H29IN4. The van der Waals surface area contributed by atoms with Crippen molar-refractivity contribution >= 4 is 22.9 Å². The van der Waals surface area contributed by atoms with E-state index in [0.29, 0.717) is 0 Å². The average molecular weight is 380 g/mol. The van der Waals surface area contributed by atoms with Crippen LogP contribution in [-0.2, 0) is 0 Å². The van der Waals surface area contributed by atoms with Gasteiger partial charge in [0.1, 0.15) is 0 Å². The van der Waals surface area contributed by atoms with E-state index in [4.69, 9.17) is 0 Å². The first-order chi connectivity index (χ1) is 9.15. The summed E-state index contributed by atoms with van der Waals surface area (Å²) >= 11 is 2.46. The van der Waals surface area contributed by atoms with E-state index in [2.05, 4.69) is 54.8 Å². The third kappa shape index (κ3) is 5.46. The summed E-state index contributed by atoms with van der Waals surface area (Å²) in [4.78, 5) is 7.67. The zero-order valence-electron chi connectivity index (χ0n) is 12.5. The molecule has 0 aromatic heterocycles. The fraction of sp³-hybridized carbons (Fsp3) is 1.00. The summed E-state index contributed by atoms with van der Waals surface area (Å²) in [6.07, 6.45) is 4.04. The molecule has 0 unspecified atom stereocenters. The molecule has 2 aliphatic heterocycles. The standard InChI is InChI=1S/C14H29IN4/c1-16(2)6-3-7-17-10-12-18(13-11-17)14-4-8-19(15)9-5-14/h14H,3-13H2,1-2H3. The maximum Gasteiger partial charge on any atom is 0.0201 e. The van der Waals surface area contributed by atoms with Gasteiger partial charge in [-0.1, -0.05) is 0 Å². The van der Waals surface area contributed by atoms with Crippen LogP contribution in [0.3, 0.4) is 0 Å². The molecule has 0 radical (unpaired) electrons. The van der Waals surface area contributed by atoms with Crippen LogP contribution in [0.4, 0.5) is 0 Å². The van der Waals surface area contributed by atoms with Crippen molar-refractivity contribution in [1.29, 1.82) is 0 Å². The summed E-state index contributed by atoms with van der Waals surface area (Å²) in [5.41, 5.74) is 0. The largest absolute Gasteiger partial charge is 0.309 e. The first-order valence-corrected chi connectivity index (χ1v) is 8.63. The molecule has 0 spiro atoms. The molecule has 0 saturated carbocycles. The van der Waals surface area contributed by atoms with Gasteiger partial charge < -0.3 is 9.80 Å². The smallest absolute Gasteiger partial charge is 0.0201 e. The van der Waals surface area contributed by atoms with E-state index in [0.717, 1.165) is 6.04 Å². The first kappa shape index (κ1) is 15.9. The Kier molecular flexibility index (Phi) is 6.82. The van der Waals surface area contributed by atoms with Crippen molar-refractivity contribution in [2.45, 2.75) is 25.3 Å². The lowest BCUT2D eigenvalue weighted by molar-refractivity contribution is 0.0743. The van der Waals surface area contributed by atoms with Gasteiger partial charge >= 0.3 is 0 Å². The zero-order chi connectivity index (χ0) is 13.7. The van der Waals surface area contributed by atoms with Crippen molar-refractivity contribution in [2.75, 3.05) is 66.5 Å². The SMILES string of the molecule is CN(C)CCCN1CCN(C2CCN(I)CC2)CC1. The molecule has 2 heterocycles. The van der Waals surface area contributed by atoms with Crippen LogP contribution in [0.1, 0.15) is 19.3 Å². The van der Waals surface area contributed by atoms with Crippen LogP contribution in [0.25, 0.3) is 0 Å². The Morgan fingerprint density at radius 3 is 2.21 bits per heavy atom. The van der Waals surface area contributed by atoms with Gasteiger partial charge in [-0.25, -0.2) is 3.11 Å². The van der Waals surface area contributed by atoms with Crippen LogP contribution >= 0.6 is 22.9 Å². The molecule has 19 heavy (non-hydrogen) atoms. The van der Waals surface area contributed by atoms with Crippen molar-refractivity contribution in [1.82, 2.24) is 17.8 Å². The molecule has 0 atom stereocenters. The minimum absolute atomic E-state index is 0.856. The van der Waals surface area contributed by atoms with E-state index in [1.54, 1.807) is 0 Å². The number of hydrogen-bond acceptors (Lipinski definition) is 4. The molecule has 4 nitrogen and oxygen atoms in total. The number of nitrogens with zero attached hydrogens (tertiary/aromatic N) is 4. The average Bonchev–Trinajstić information content (AvgIpc) is 2.40. The highest BCUT2D eigenvalue weighted by atomic mass is 127. The van der Waals surface area contributed by atoms with Crippen LogP contribution < -0.4 is 0 Å². The summed E-state index contributed by atoms with van der Waals surface area (Å²) in [6, 6.07) is 0.856. The highest BCUT2D eigenvalue weighted by molar-refractivity contribution is 14.1. The van der Waals surface area contributed by atoms with Gasteiger partial charge in [0.25, 0.3) is 0 Å². The summed E-state index contributed by atoms with van der Waals surface area (Å²) in [7, 11) is 4.33. The van der Waals surface area contributed by atoms with Gasteiger partial charge in [-0.2, -0.15) is 0 Å². The van der Waals surface area contributed by atoms with Gasteiger partial charge in [-0.05, 0) is 46.4 Å². The van der Waals surface area contributed by atoms with Crippen molar-refractivity contribution in [3.05, 3.63) is 0 Å². The molecule has 0 amide bonds. The van der Waals surface area contributed by atoms with Crippen molar-refractivity contribution < 1.29 is 0 Å².